The number of nitrogens with zero attached hydrogens (tertiary/aromatic N) is 2. The van der Waals surface area contributed by atoms with Crippen molar-refractivity contribution in [2.45, 2.75) is 58.2 Å². The summed E-state index contributed by atoms with van der Waals surface area (Å²) in [6.45, 7) is 9.48. The lowest BCUT2D eigenvalue weighted by atomic mass is 9.88. The fraction of sp³-hybridized carbons (Fsp3) is 1.00. The molecule has 0 aliphatic carbocycles. The number of aliphatic hydroxyl groups is 1. The molecule has 0 spiro atoms. The molecule has 3 unspecified atom stereocenters. The molecule has 1 N–H and O–H groups in total. The lowest BCUT2D eigenvalue weighted by Crippen LogP contribution is -2.43. The maximum absolute atomic E-state index is 10.2. The number of fused-ring (bicyclic) bond motifs is 2. The first-order valence-electron chi connectivity index (χ1n) is 7.00. The molecule has 0 aromatic rings. The van der Waals surface area contributed by atoms with E-state index in [0.29, 0.717) is 0 Å². The predicted molar refractivity (Wildman–Crippen MR) is 71.1 cm³/mol. The third-order valence-electron chi connectivity index (χ3n) is 4.66. The quantitative estimate of drug-likeness (QED) is 0.793. The number of hydrogen-bond acceptors (Lipinski definition) is 3. The van der Waals surface area contributed by atoms with Gasteiger partial charge in [0.2, 0.25) is 0 Å². The van der Waals surface area contributed by atoms with Gasteiger partial charge in [0.25, 0.3) is 0 Å². The van der Waals surface area contributed by atoms with E-state index >= 15 is 0 Å². The highest BCUT2D eigenvalue weighted by Gasteiger charge is 2.35. The molecule has 0 aromatic heterocycles. The van der Waals surface area contributed by atoms with Gasteiger partial charge >= 0.3 is 0 Å². The molecule has 0 aromatic carbocycles. The Hall–Kier alpha value is -0.120. The molecule has 2 fully saturated rings. The van der Waals surface area contributed by atoms with Crippen molar-refractivity contribution in [1.29, 1.82) is 0 Å². The number of β-amino-alcohol motifs (C(OH)–C–C–N with tert-alkyl or cyclic N) is 1. The van der Waals surface area contributed by atoms with Gasteiger partial charge in [-0.2, -0.15) is 0 Å². The zero-order chi connectivity index (χ0) is 12.6. The molecule has 2 aliphatic rings. The van der Waals surface area contributed by atoms with E-state index in [-0.39, 0.29) is 11.5 Å². The summed E-state index contributed by atoms with van der Waals surface area (Å²) in [5.41, 5.74) is -0.00276. The first-order chi connectivity index (χ1) is 7.88. The van der Waals surface area contributed by atoms with Crippen molar-refractivity contribution in [3.63, 3.8) is 0 Å². The van der Waals surface area contributed by atoms with E-state index in [2.05, 4.69) is 37.6 Å². The highest BCUT2D eigenvalue weighted by atomic mass is 16.3. The van der Waals surface area contributed by atoms with Gasteiger partial charge in [-0.1, -0.05) is 20.8 Å². The number of likely N-dealkylation sites (tertiary alicyclic amines) is 1. The van der Waals surface area contributed by atoms with Gasteiger partial charge in [0.15, 0.2) is 0 Å². The van der Waals surface area contributed by atoms with Crippen LogP contribution in [0.3, 0.4) is 0 Å². The average molecular weight is 240 g/mol. The van der Waals surface area contributed by atoms with Crippen LogP contribution in [0, 0.1) is 5.41 Å². The molecule has 3 atom stereocenters. The van der Waals surface area contributed by atoms with Gasteiger partial charge in [0, 0.05) is 25.2 Å². The van der Waals surface area contributed by atoms with Crippen LogP contribution in [-0.2, 0) is 0 Å². The Morgan fingerprint density at radius 2 is 1.82 bits per heavy atom. The van der Waals surface area contributed by atoms with Gasteiger partial charge in [-0.05, 0) is 38.3 Å². The van der Waals surface area contributed by atoms with E-state index in [1.165, 1.54) is 19.3 Å². The molecular weight excluding hydrogens is 212 g/mol. The molecule has 17 heavy (non-hydrogen) atoms. The van der Waals surface area contributed by atoms with Gasteiger partial charge in [-0.3, -0.25) is 9.80 Å². The number of hydrogen-bond donors (Lipinski definition) is 1. The molecule has 0 radical (unpaired) electrons. The van der Waals surface area contributed by atoms with E-state index in [4.69, 9.17) is 0 Å². The molecule has 2 saturated heterocycles. The fourth-order valence-corrected chi connectivity index (χ4v) is 3.06. The van der Waals surface area contributed by atoms with Crippen LogP contribution in [0.15, 0.2) is 0 Å². The summed E-state index contributed by atoms with van der Waals surface area (Å²) in [5.74, 6) is 0. The highest BCUT2D eigenvalue weighted by molar-refractivity contribution is 4.92. The Morgan fingerprint density at radius 3 is 2.47 bits per heavy atom. The molecule has 3 nitrogen and oxygen atoms in total. The highest BCUT2D eigenvalue weighted by Crippen LogP contribution is 2.29. The Balaban J connectivity index is 1.91. The standard InChI is InChI=1S/C14H28N2O/c1-14(2,3)13(17)10-16-8-7-11-5-6-12(9-16)15(11)4/h11-13,17H,5-10H2,1-4H3. The van der Waals surface area contributed by atoms with Crippen LogP contribution in [0.2, 0.25) is 0 Å². The second-order valence-electron chi connectivity index (χ2n) is 6.98. The Morgan fingerprint density at radius 1 is 1.18 bits per heavy atom. The molecule has 100 valence electrons. The van der Waals surface area contributed by atoms with Gasteiger partial charge in [0.05, 0.1) is 6.10 Å². The minimum atomic E-state index is -0.218. The lowest BCUT2D eigenvalue weighted by Gasteiger charge is -2.32. The van der Waals surface area contributed by atoms with Crippen molar-refractivity contribution in [2.75, 3.05) is 26.7 Å². The largest absolute Gasteiger partial charge is 0.391 e. The van der Waals surface area contributed by atoms with E-state index in [9.17, 15) is 5.11 Å². The van der Waals surface area contributed by atoms with Crippen LogP contribution in [0.25, 0.3) is 0 Å². The number of aliphatic hydroxyl groups excluding tert-OH is 1. The molecule has 0 saturated carbocycles. The zero-order valence-electron chi connectivity index (χ0n) is 11.8. The Kier molecular flexibility index (Phi) is 3.81. The maximum atomic E-state index is 10.2. The van der Waals surface area contributed by atoms with Crippen LogP contribution < -0.4 is 0 Å². The fourth-order valence-electron chi connectivity index (χ4n) is 3.06. The van der Waals surface area contributed by atoms with Crippen molar-refractivity contribution < 1.29 is 5.11 Å². The second kappa shape index (κ2) is 4.87. The molecular formula is C14H28N2O. The predicted octanol–water partition coefficient (Wildman–Crippen LogP) is 1.56. The van der Waals surface area contributed by atoms with Crippen LogP contribution in [-0.4, -0.2) is 59.8 Å². The zero-order valence-corrected chi connectivity index (χ0v) is 11.8. The summed E-state index contributed by atoms with van der Waals surface area (Å²) in [4.78, 5) is 5.03. The van der Waals surface area contributed by atoms with Crippen molar-refractivity contribution in [3.8, 4) is 0 Å². The number of rotatable bonds is 2. The summed E-state index contributed by atoms with van der Waals surface area (Å²) < 4.78 is 0. The van der Waals surface area contributed by atoms with E-state index in [1.807, 2.05) is 0 Å². The summed E-state index contributed by atoms with van der Waals surface area (Å²) in [6.07, 6.45) is 3.76. The van der Waals surface area contributed by atoms with Gasteiger partial charge in [-0.15, -0.1) is 0 Å². The maximum Gasteiger partial charge on any atom is 0.0715 e. The molecule has 2 bridgehead atoms. The summed E-state index contributed by atoms with van der Waals surface area (Å²) in [7, 11) is 2.27. The normalized spacial score (nSPS) is 33.7. The summed E-state index contributed by atoms with van der Waals surface area (Å²) in [6, 6.07) is 1.51. The SMILES string of the molecule is CN1C2CCC1CN(CC(O)C(C)(C)C)CC2. The Bertz CT molecular complexity index is 261. The first-order valence-corrected chi connectivity index (χ1v) is 7.00. The van der Waals surface area contributed by atoms with E-state index in [0.717, 1.165) is 31.7 Å². The van der Waals surface area contributed by atoms with Crippen LogP contribution >= 0.6 is 0 Å². The summed E-state index contributed by atoms with van der Waals surface area (Å²) in [5, 5.41) is 10.2. The molecule has 3 heteroatoms. The molecule has 2 aliphatic heterocycles. The second-order valence-corrected chi connectivity index (χ2v) is 6.98. The van der Waals surface area contributed by atoms with Gasteiger partial charge in [0.1, 0.15) is 0 Å². The van der Waals surface area contributed by atoms with Crippen molar-refractivity contribution in [2.24, 2.45) is 5.41 Å². The average Bonchev–Trinajstić information content (AvgIpc) is 2.44. The smallest absolute Gasteiger partial charge is 0.0715 e. The minimum Gasteiger partial charge on any atom is -0.391 e. The van der Waals surface area contributed by atoms with E-state index < -0.39 is 0 Å². The van der Waals surface area contributed by atoms with Crippen molar-refractivity contribution in [3.05, 3.63) is 0 Å². The monoisotopic (exact) mass is 240 g/mol. The first kappa shape index (κ1) is 13.3. The van der Waals surface area contributed by atoms with Crippen molar-refractivity contribution >= 4 is 0 Å². The molecule has 0 amide bonds. The van der Waals surface area contributed by atoms with Crippen molar-refractivity contribution in [1.82, 2.24) is 9.80 Å². The Labute approximate surface area is 106 Å². The van der Waals surface area contributed by atoms with Gasteiger partial charge < -0.3 is 5.11 Å². The topological polar surface area (TPSA) is 26.7 Å². The van der Waals surface area contributed by atoms with Gasteiger partial charge in [-0.25, -0.2) is 0 Å². The molecule has 2 heterocycles. The van der Waals surface area contributed by atoms with Crippen LogP contribution in [0.5, 0.6) is 0 Å². The van der Waals surface area contributed by atoms with Crippen LogP contribution in [0.1, 0.15) is 40.0 Å². The molecule has 2 rings (SSSR count). The lowest BCUT2D eigenvalue weighted by molar-refractivity contribution is 0.0262. The minimum absolute atomic E-state index is 0.00276. The third kappa shape index (κ3) is 3.01. The van der Waals surface area contributed by atoms with Crippen LogP contribution in [0.4, 0.5) is 0 Å². The van der Waals surface area contributed by atoms with E-state index in [1.54, 1.807) is 0 Å². The third-order valence-corrected chi connectivity index (χ3v) is 4.66. The number of likely N-dealkylation sites (N-methyl/N-ethyl adjacent to an activating group) is 1. The summed E-state index contributed by atoms with van der Waals surface area (Å²) >= 11 is 0.